The van der Waals surface area contributed by atoms with Crippen LogP contribution in [0.1, 0.15) is 70.0 Å². The van der Waals surface area contributed by atoms with Crippen LogP contribution in [0.4, 0.5) is 5.69 Å². The van der Waals surface area contributed by atoms with Gasteiger partial charge in [0.1, 0.15) is 5.75 Å². The minimum atomic E-state index is 0. The van der Waals surface area contributed by atoms with Gasteiger partial charge in [0.15, 0.2) is 0 Å². The first-order chi connectivity index (χ1) is 11.9. The molecule has 3 nitrogen and oxygen atoms in total. The molecule has 25 heavy (non-hydrogen) atoms. The number of anilines is 1. The fraction of sp³-hybridized carbons (Fsp3) is 0.714. The van der Waals surface area contributed by atoms with Crippen LogP contribution >= 0.6 is 12.4 Å². The number of hydrogen-bond acceptors (Lipinski definition) is 3. The van der Waals surface area contributed by atoms with E-state index in [0.29, 0.717) is 12.0 Å². The standard InChI is InChI=1S/C21H31NO2.ClH/c1-2-12-23-16-10-11-19-18(14-16)21-17(9-6-13-24-21)20(22-19)15-7-4-3-5-8-15;/h10-11,14-15,17,20-22H,2-9,12-13H2,1H3;1H/t17-,20+,21-;/m0./s1. The molecule has 1 aliphatic carbocycles. The topological polar surface area (TPSA) is 30.5 Å². The maximum absolute atomic E-state index is 6.29. The molecule has 0 spiro atoms. The molecule has 0 unspecified atom stereocenters. The zero-order chi connectivity index (χ0) is 16.4. The highest BCUT2D eigenvalue weighted by molar-refractivity contribution is 5.85. The van der Waals surface area contributed by atoms with Crippen molar-refractivity contribution in [3.05, 3.63) is 23.8 Å². The molecule has 1 saturated carbocycles. The summed E-state index contributed by atoms with van der Waals surface area (Å²) in [6.45, 7) is 3.83. The fourth-order valence-corrected chi connectivity index (χ4v) is 4.96. The first-order valence-electron chi connectivity index (χ1n) is 10.0. The van der Waals surface area contributed by atoms with Gasteiger partial charge in [-0.1, -0.05) is 26.2 Å². The van der Waals surface area contributed by atoms with Crippen molar-refractivity contribution in [1.82, 2.24) is 0 Å². The lowest BCUT2D eigenvalue weighted by molar-refractivity contribution is -0.0459. The molecule has 3 atom stereocenters. The third-order valence-electron chi connectivity index (χ3n) is 6.11. The zero-order valence-corrected chi connectivity index (χ0v) is 16.2. The van der Waals surface area contributed by atoms with Crippen LogP contribution in [-0.4, -0.2) is 19.3 Å². The quantitative estimate of drug-likeness (QED) is 0.738. The van der Waals surface area contributed by atoms with Gasteiger partial charge in [-0.3, -0.25) is 0 Å². The molecule has 2 fully saturated rings. The number of halogens is 1. The molecule has 0 bridgehead atoms. The third kappa shape index (κ3) is 3.93. The van der Waals surface area contributed by atoms with E-state index >= 15 is 0 Å². The van der Waals surface area contributed by atoms with E-state index in [-0.39, 0.29) is 18.5 Å². The SMILES string of the molecule is CCCOc1ccc2c(c1)[C@H]1OCCC[C@H]1[C@@H](C1CCCCC1)N2.Cl. The molecular weight excluding hydrogens is 334 g/mol. The fourth-order valence-electron chi connectivity index (χ4n) is 4.96. The molecular formula is C21H32ClNO2. The lowest BCUT2D eigenvalue weighted by atomic mass is 9.71. The molecule has 1 N–H and O–H groups in total. The number of ether oxygens (including phenoxy) is 2. The van der Waals surface area contributed by atoms with Crippen LogP contribution in [0.15, 0.2) is 18.2 Å². The van der Waals surface area contributed by atoms with E-state index in [9.17, 15) is 0 Å². The van der Waals surface area contributed by atoms with Crippen molar-refractivity contribution in [1.29, 1.82) is 0 Å². The van der Waals surface area contributed by atoms with Crippen LogP contribution in [0.3, 0.4) is 0 Å². The Morgan fingerprint density at radius 1 is 1.12 bits per heavy atom. The molecule has 140 valence electrons. The van der Waals surface area contributed by atoms with Crippen molar-refractivity contribution in [3.8, 4) is 5.75 Å². The van der Waals surface area contributed by atoms with Gasteiger partial charge in [-0.05, 0) is 56.2 Å². The molecule has 0 radical (unpaired) electrons. The summed E-state index contributed by atoms with van der Waals surface area (Å²) in [4.78, 5) is 0. The summed E-state index contributed by atoms with van der Waals surface area (Å²) in [6.07, 6.45) is 10.8. The van der Waals surface area contributed by atoms with Gasteiger partial charge in [0.2, 0.25) is 0 Å². The van der Waals surface area contributed by atoms with Crippen LogP contribution in [0.25, 0.3) is 0 Å². The van der Waals surface area contributed by atoms with Gasteiger partial charge in [0, 0.05) is 29.8 Å². The number of rotatable bonds is 4. The maximum Gasteiger partial charge on any atom is 0.119 e. The predicted octanol–water partition coefficient (Wildman–Crippen LogP) is 5.74. The largest absolute Gasteiger partial charge is 0.494 e. The Balaban J connectivity index is 0.00000182. The van der Waals surface area contributed by atoms with Crippen molar-refractivity contribution in [2.45, 2.75) is 70.4 Å². The van der Waals surface area contributed by atoms with E-state index < -0.39 is 0 Å². The molecule has 0 amide bonds. The highest BCUT2D eigenvalue weighted by Gasteiger charge is 2.42. The van der Waals surface area contributed by atoms with Gasteiger partial charge in [0.05, 0.1) is 12.7 Å². The van der Waals surface area contributed by atoms with Crippen LogP contribution in [0.5, 0.6) is 5.75 Å². The zero-order valence-electron chi connectivity index (χ0n) is 15.3. The van der Waals surface area contributed by atoms with Crippen molar-refractivity contribution in [2.75, 3.05) is 18.5 Å². The Kier molecular flexibility index (Phi) is 6.51. The lowest BCUT2D eigenvalue weighted by Gasteiger charge is -2.47. The van der Waals surface area contributed by atoms with Gasteiger partial charge in [-0.2, -0.15) is 0 Å². The summed E-state index contributed by atoms with van der Waals surface area (Å²) in [7, 11) is 0. The summed E-state index contributed by atoms with van der Waals surface area (Å²) in [5.74, 6) is 2.43. The highest BCUT2D eigenvalue weighted by Crippen LogP contribution is 2.48. The molecule has 2 aliphatic heterocycles. The van der Waals surface area contributed by atoms with Crippen molar-refractivity contribution in [3.63, 3.8) is 0 Å². The summed E-state index contributed by atoms with van der Waals surface area (Å²) < 4.78 is 12.2. The molecule has 4 heteroatoms. The third-order valence-corrected chi connectivity index (χ3v) is 6.11. The van der Waals surface area contributed by atoms with Crippen LogP contribution in [0, 0.1) is 11.8 Å². The summed E-state index contributed by atoms with van der Waals surface area (Å²) in [5.41, 5.74) is 2.60. The second-order valence-electron chi connectivity index (χ2n) is 7.76. The van der Waals surface area contributed by atoms with Gasteiger partial charge in [-0.15, -0.1) is 12.4 Å². The van der Waals surface area contributed by atoms with Crippen molar-refractivity contribution in [2.24, 2.45) is 11.8 Å². The average molecular weight is 366 g/mol. The Labute approximate surface area is 158 Å². The molecule has 4 rings (SSSR count). The molecule has 1 aromatic carbocycles. The number of benzene rings is 1. The molecule has 1 aromatic rings. The minimum Gasteiger partial charge on any atom is -0.494 e. The maximum atomic E-state index is 6.29. The Morgan fingerprint density at radius 2 is 1.96 bits per heavy atom. The van der Waals surface area contributed by atoms with E-state index in [1.165, 1.54) is 56.2 Å². The van der Waals surface area contributed by atoms with Gasteiger partial charge in [-0.25, -0.2) is 0 Å². The second kappa shape index (κ2) is 8.64. The van der Waals surface area contributed by atoms with E-state index in [1.807, 2.05) is 0 Å². The predicted molar refractivity (Wildman–Crippen MR) is 105 cm³/mol. The second-order valence-corrected chi connectivity index (χ2v) is 7.76. The van der Waals surface area contributed by atoms with E-state index in [4.69, 9.17) is 9.47 Å². The molecule has 3 aliphatic rings. The normalized spacial score (nSPS) is 28.9. The van der Waals surface area contributed by atoms with Gasteiger partial charge < -0.3 is 14.8 Å². The van der Waals surface area contributed by atoms with Crippen LogP contribution in [0.2, 0.25) is 0 Å². The molecule has 1 saturated heterocycles. The first-order valence-corrected chi connectivity index (χ1v) is 10.0. The van der Waals surface area contributed by atoms with Crippen LogP contribution < -0.4 is 10.1 Å². The summed E-state index contributed by atoms with van der Waals surface area (Å²) in [6, 6.07) is 7.14. The van der Waals surface area contributed by atoms with Crippen LogP contribution in [-0.2, 0) is 4.74 Å². The van der Waals surface area contributed by atoms with E-state index in [1.54, 1.807) is 0 Å². The van der Waals surface area contributed by atoms with Crippen molar-refractivity contribution >= 4 is 18.1 Å². The lowest BCUT2D eigenvalue weighted by Crippen LogP contribution is -2.46. The molecule has 0 aromatic heterocycles. The van der Waals surface area contributed by atoms with E-state index in [0.717, 1.165) is 31.3 Å². The number of hydrogen-bond donors (Lipinski definition) is 1. The number of fused-ring (bicyclic) bond motifs is 3. The average Bonchev–Trinajstić information content (AvgIpc) is 2.66. The summed E-state index contributed by atoms with van der Waals surface area (Å²) >= 11 is 0. The van der Waals surface area contributed by atoms with Gasteiger partial charge in [0.25, 0.3) is 0 Å². The monoisotopic (exact) mass is 365 g/mol. The highest BCUT2D eigenvalue weighted by atomic mass is 35.5. The minimum absolute atomic E-state index is 0. The Morgan fingerprint density at radius 3 is 2.76 bits per heavy atom. The first kappa shape index (κ1) is 18.8. The number of nitrogens with one attached hydrogen (secondary N) is 1. The van der Waals surface area contributed by atoms with Crippen molar-refractivity contribution < 1.29 is 9.47 Å². The smallest absolute Gasteiger partial charge is 0.119 e. The molecule has 2 heterocycles. The Hall–Kier alpha value is -0.930. The van der Waals surface area contributed by atoms with E-state index in [2.05, 4.69) is 30.4 Å². The summed E-state index contributed by atoms with van der Waals surface area (Å²) in [5, 5.41) is 3.91. The Bertz CT molecular complexity index is 559. The van der Waals surface area contributed by atoms with Gasteiger partial charge >= 0.3 is 0 Å².